The molecule has 2 aliphatic rings. The molecule has 1 unspecified atom stereocenters. The van der Waals surface area contributed by atoms with Crippen molar-refractivity contribution in [2.75, 3.05) is 6.54 Å². The molecule has 0 radical (unpaired) electrons. The predicted octanol–water partition coefficient (Wildman–Crippen LogP) is 2.08. The molecule has 4 nitrogen and oxygen atoms in total. The molecule has 4 heteroatoms. The second-order valence-electron chi connectivity index (χ2n) is 5.89. The fourth-order valence-corrected chi connectivity index (χ4v) is 3.36. The molecule has 0 spiro atoms. The normalized spacial score (nSPS) is 32.9. The minimum atomic E-state index is -0.307. The zero-order chi connectivity index (χ0) is 13.8. The first kappa shape index (κ1) is 14.4. The number of nitrogens with one attached hydrogen (secondary N) is 1. The monoisotopic (exact) mass is 266 g/mol. The van der Waals surface area contributed by atoms with Crippen LogP contribution in [0.2, 0.25) is 0 Å². The van der Waals surface area contributed by atoms with Crippen molar-refractivity contribution in [1.29, 1.82) is 0 Å². The Labute approximate surface area is 115 Å². The van der Waals surface area contributed by atoms with Gasteiger partial charge in [0.2, 0.25) is 11.8 Å². The topological polar surface area (TPSA) is 49.4 Å². The highest BCUT2D eigenvalue weighted by Crippen LogP contribution is 2.30. The molecule has 19 heavy (non-hydrogen) atoms. The van der Waals surface area contributed by atoms with Gasteiger partial charge in [-0.3, -0.25) is 9.59 Å². The van der Waals surface area contributed by atoms with E-state index in [0.29, 0.717) is 25.4 Å². The maximum absolute atomic E-state index is 12.5. The molecule has 2 amide bonds. The molecule has 1 atom stereocenters. The molecule has 108 valence electrons. The zero-order valence-electron chi connectivity index (χ0n) is 12.2. The smallest absolute Gasteiger partial charge is 0.245 e. The Kier molecular flexibility index (Phi) is 4.83. The lowest BCUT2D eigenvalue weighted by Crippen LogP contribution is -2.49. The van der Waals surface area contributed by atoms with Crippen molar-refractivity contribution < 1.29 is 9.59 Å². The molecule has 0 aromatic heterocycles. The Morgan fingerprint density at radius 1 is 1.11 bits per heavy atom. The highest BCUT2D eigenvalue weighted by atomic mass is 16.2. The van der Waals surface area contributed by atoms with E-state index in [1.165, 1.54) is 19.3 Å². The van der Waals surface area contributed by atoms with Crippen LogP contribution in [0.5, 0.6) is 0 Å². The standard InChI is InChI=1S/C15H26N2O2/c1-3-11-5-7-12(8-6-11)17-10-9-14(18)16-13(4-2)15(17)19/h11-13H,3-10H2,1-2H3,(H,16,18). The second-order valence-corrected chi connectivity index (χ2v) is 5.89. The summed E-state index contributed by atoms with van der Waals surface area (Å²) in [7, 11) is 0. The molecule has 1 aliphatic carbocycles. The minimum Gasteiger partial charge on any atom is -0.344 e. The first-order valence-electron chi connectivity index (χ1n) is 7.75. The summed E-state index contributed by atoms with van der Waals surface area (Å²) in [5.41, 5.74) is 0. The molecule has 1 saturated carbocycles. The fourth-order valence-electron chi connectivity index (χ4n) is 3.36. The molecule has 2 rings (SSSR count). The van der Waals surface area contributed by atoms with Crippen LogP contribution in [0.15, 0.2) is 0 Å². The van der Waals surface area contributed by atoms with E-state index in [-0.39, 0.29) is 17.9 Å². The largest absolute Gasteiger partial charge is 0.344 e. The van der Waals surface area contributed by atoms with Crippen LogP contribution in [0.3, 0.4) is 0 Å². The number of hydrogen-bond acceptors (Lipinski definition) is 2. The third kappa shape index (κ3) is 3.28. The van der Waals surface area contributed by atoms with Gasteiger partial charge in [0.1, 0.15) is 6.04 Å². The molecule has 1 heterocycles. The molecule has 0 aromatic carbocycles. The molecule has 1 aliphatic heterocycles. The molecule has 2 fully saturated rings. The van der Waals surface area contributed by atoms with Gasteiger partial charge in [-0.15, -0.1) is 0 Å². The van der Waals surface area contributed by atoms with Gasteiger partial charge >= 0.3 is 0 Å². The lowest BCUT2D eigenvalue weighted by Gasteiger charge is -2.37. The summed E-state index contributed by atoms with van der Waals surface area (Å²) >= 11 is 0. The summed E-state index contributed by atoms with van der Waals surface area (Å²) in [6, 6.07) is 0.0518. The Morgan fingerprint density at radius 3 is 2.37 bits per heavy atom. The van der Waals surface area contributed by atoms with Crippen molar-refractivity contribution in [1.82, 2.24) is 10.2 Å². The maximum Gasteiger partial charge on any atom is 0.245 e. The first-order valence-corrected chi connectivity index (χ1v) is 7.75. The van der Waals surface area contributed by atoms with Crippen LogP contribution in [0.4, 0.5) is 0 Å². The third-order valence-corrected chi connectivity index (χ3v) is 4.74. The summed E-state index contributed by atoms with van der Waals surface area (Å²) < 4.78 is 0. The number of rotatable bonds is 3. The summed E-state index contributed by atoms with van der Waals surface area (Å²) in [5.74, 6) is 0.985. The average molecular weight is 266 g/mol. The van der Waals surface area contributed by atoms with E-state index < -0.39 is 0 Å². The number of hydrogen-bond donors (Lipinski definition) is 1. The quantitative estimate of drug-likeness (QED) is 0.850. The van der Waals surface area contributed by atoms with Crippen LogP contribution in [0.25, 0.3) is 0 Å². The van der Waals surface area contributed by atoms with Crippen LogP contribution in [0, 0.1) is 5.92 Å². The third-order valence-electron chi connectivity index (χ3n) is 4.74. The van der Waals surface area contributed by atoms with Gasteiger partial charge in [-0.05, 0) is 38.0 Å². The lowest BCUT2D eigenvalue weighted by molar-refractivity contribution is -0.136. The fraction of sp³-hybridized carbons (Fsp3) is 0.867. The highest BCUT2D eigenvalue weighted by Gasteiger charge is 2.34. The summed E-state index contributed by atoms with van der Waals surface area (Å²) in [5, 5.41) is 2.84. The maximum atomic E-state index is 12.5. The molecular formula is C15H26N2O2. The predicted molar refractivity (Wildman–Crippen MR) is 74.6 cm³/mol. The molecule has 0 bridgehead atoms. The van der Waals surface area contributed by atoms with Crippen molar-refractivity contribution in [2.45, 2.75) is 70.9 Å². The summed E-state index contributed by atoms with van der Waals surface area (Å²) in [4.78, 5) is 26.1. The summed E-state index contributed by atoms with van der Waals surface area (Å²) in [6.07, 6.45) is 7.05. The Hall–Kier alpha value is -1.06. The van der Waals surface area contributed by atoms with Gasteiger partial charge in [-0.1, -0.05) is 20.3 Å². The van der Waals surface area contributed by atoms with Gasteiger partial charge in [-0.25, -0.2) is 0 Å². The Bertz CT molecular complexity index is 335. The second kappa shape index (κ2) is 6.40. The van der Waals surface area contributed by atoms with Crippen molar-refractivity contribution in [3.05, 3.63) is 0 Å². The van der Waals surface area contributed by atoms with Gasteiger partial charge < -0.3 is 10.2 Å². The average Bonchev–Trinajstić information content (AvgIpc) is 2.58. The van der Waals surface area contributed by atoms with E-state index >= 15 is 0 Å². The van der Waals surface area contributed by atoms with Crippen molar-refractivity contribution in [3.8, 4) is 0 Å². The van der Waals surface area contributed by atoms with E-state index in [2.05, 4.69) is 12.2 Å². The van der Waals surface area contributed by atoms with Crippen LogP contribution in [-0.2, 0) is 9.59 Å². The molecule has 0 aromatic rings. The number of amides is 2. The van der Waals surface area contributed by atoms with E-state index in [0.717, 1.165) is 18.8 Å². The van der Waals surface area contributed by atoms with Gasteiger partial charge in [0, 0.05) is 19.0 Å². The van der Waals surface area contributed by atoms with Gasteiger partial charge in [0.25, 0.3) is 0 Å². The van der Waals surface area contributed by atoms with Crippen LogP contribution in [0.1, 0.15) is 58.8 Å². The number of carbonyl (C=O) groups is 2. The van der Waals surface area contributed by atoms with Crippen molar-refractivity contribution in [3.63, 3.8) is 0 Å². The van der Waals surface area contributed by atoms with Crippen LogP contribution < -0.4 is 5.32 Å². The molecule has 1 saturated heterocycles. The minimum absolute atomic E-state index is 0.0185. The van der Waals surface area contributed by atoms with E-state index in [4.69, 9.17) is 0 Å². The molecule has 1 N–H and O–H groups in total. The number of nitrogens with zero attached hydrogens (tertiary/aromatic N) is 1. The number of carbonyl (C=O) groups excluding carboxylic acids is 2. The first-order chi connectivity index (χ1) is 9.15. The van der Waals surface area contributed by atoms with Gasteiger partial charge in [0.05, 0.1) is 0 Å². The molecular weight excluding hydrogens is 240 g/mol. The Balaban J connectivity index is 2.01. The Morgan fingerprint density at radius 2 is 1.79 bits per heavy atom. The van der Waals surface area contributed by atoms with Gasteiger partial charge in [-0.2, -0.15) is 0 Å². The van der Waals surface area contributed by atoms with E-state index in [9.17, 15) is 9.59 Å². The van der Waals surface area contributed by atoms with Crippen LogP contribution in [-0.4, -0.2) is 35.3 Å². The van der Waals surface area contributed by atoms with E-state index in [1.54, 1.807) is 0 Å². The van der Waals surface area contributed by atoms with Gasteiger partial charge in [0.15, 0.2) is 0 Å². The highest BCUT2D eigenvalue weighted by molar-refractivity contribution is 5.90. The van der Waals surface area contributed by atoms with Crippen molar-refractivity contribution in [2.24, 2.45) is 5.92 Å². The summed E-state index contributed by atoms with van der Waals surface area (Å²) in [6.45, 7) is 4.81. The zero-order valence-corrected chi connectivity index (χ0v) is 12.2. The van der Waals surface area contributed by atoms with Crippen LogP contribution >= 0.6 is 0 Å². The lowest BCUT2D eigenvalue weighted by atomic mass is 9.83. The van der Waals surface area contributed by atoms with E-state index in [1.807, 2.05) is 11.8 Å². The SMILES string of the molecule is CCC1CCC(N2CCC(=O)NC(CC)C2=O)CC1. The van der Waals surface area contributed by atoms with Crippen molar-refractivity contribution >= 4 is 11.8 Å².